The summed E-state index contributed by atoms with van der Waals surface area (Å²) in [6.07, 6.45) is 16.0. The molecule has 0 N–H and O–H groups in total. The largest absolute Gasteiger partial charge is 0.0914 e. The lowest BCUT2D eigenvalue weighted by atomic mass is 10.0. The zero-order valence-electron chi connectivity index (χ0n) is 7.22. The molecule has 1 aliphatic rings. The second kappa shape index (κ2) is 4.95. The summed E-state index contributed by atoms with van der Waals surface area (Å²) in [4.78, 5) is 0. The van der Waals surface area contributed by atoms with Crippen LogP contribution in [0.15, 0.2) is 36.0 Å². The van der Waals surface area contributed by atoms with Gasteiger partial charge in [-0.25, -0.2) is 0 Å². The Morgan fingerprint density at radius 2 is 2.36 bits per heavy atom. The van der Waals surface area contributed by atoms with E-state index in [0.717, 1.165) is 6.42 Å². The van der Waals surface area contributed by atoms with Gasteiger partial charge in [-0.1, -0.05) is 36.0 Å². The van der Waals surface area contributed by atoms with E-state index in [0.29, 0.717) is 0 Å². The molecule has 0 unspecified atom stereocenters. The van der Waals surface area contributed by atoms with Gasteiger partial charge in [0.1, 0.15) is 0 Å². The molecule has 0 amide bonds. The summed E-state index contributed by atoms with van der Waals surface area (Å²) in [6, 6.07) is 0. The predicted molar refractivity (Wildman–Crippen MR) is 50.5 cm³/mol. The Morgan fingerprint density at radius 1 is 1.45 bits per heavy atom. The molecule has 0 aromatic rings. The molecule has 0 heteroatoms. The van der Waals surface area contributed by atoms with Crippen LogP contribution in [0.3, 0.4) is 0 Å². The lowest BCUT2D eigenvalue weighted by molar-refractivity contribution is 0.892. The molecule has 0 saturated carbocycles. The van der Waals surface area contributed by atoms with Crippen LogP contribution in [0.4, 0.5) is 0 Å². The molecule has 60 valence electrons. The van der Waals surface area contributed by atoms with Crippen molar-refractivity contribution in [2.24, 2.45) is 0 Å². The number of hydrogen-bond acceptors (Lipinski definition) is 0. The van der Waals surface area contributed by atoms with Crippen LogP contribution in [0.25, 0.3) is 0 Å². The maximum atomic E-state index is 2.35. The van der Waals surface area contributed by atoms with E-state index in [1.165, 1.54) is 19.3 Å². The van der Waals surface area contributed by atoms with E-state index < -0.39 is 0 Å². The molecule has 0 nitrogen and oxygen atoms in total. The third kappa shape index (κ3) is 3.22. The van der Waals surface area contributed by atoms with Crippen LogP contribution in [-0.2, 0) is 0 Å². The SMILES string of the molecule is CC=CCC=C1CC=CCC1. The highest BCUT2D eigenvalue weighted by molar-refractivity contribution is 5.13. The fraction of sp³-hybridized carbons (Fsp3) is 0.455. The summed E-state index contributed by atoms with van der Waals surface area (Å²) in [5.41, 5.74) is 1.60. The first kappa shape index (κ1) is 8.32. The van der Waals surface area contributed by atoms with Crippen molar-refractivity contribution in [2.45, 2.75) is 32.6 Å². The van der Waals surface area contributed by atoms with Gasteiger partial charge in [0.25, 0.3) is 0 Å². The highest BCUT2D eigenvalue weighted by Crippen LogP contribution is 2.17. The molecular formula is C11H16. The van der Waals surface area contributed by atoms with Crippen molar-refractivity contribution in [1.82, 2.24) is 0 Å². The topological polar surface area (TPSA) is 0 Å². The second-order valence-corrected chi connectivity index (χ2v) is 2.88. The Bertz CT molecular complexity index is 182. The maximum Gasteiger partial charge on any atom is -0.0139 e. The van der Waals surface area contributed by atoms with E-state index >= 15 is 0 Å². The van der Waals surface area contributed by atoms with Gasteiger partial charge in [0.05, 0.1) is 0 Å². The van der Waals surface area contributed by atoms with Gasteiger partial charge in [-0.05, 0) is 32.6 Å². The van der Waals surface area contributed by atoms with Crippen LogP contribution >= 0.6 is 0 Å². The van der Waals surface area contributed by atoms with Gasteiger partial charge in [0.15, 0.2) is 0 Å². The minimum Gasteiger partial charge on any atom is -0.0914 e. The highest BCUT2D eigenvalue weighted by Gasteiger charge is 1.97. The van der Waals surface area contributed by atoms with Gasteiger partial charge >= 0.3 is 0 Å². The maximum absolute atomic E-state index is 2.35. The summed E-state index contributed by atoms with van der Waals surface area (Å²) in [7, 11) is 0. The van der Waals surface area contributed by atoms with Crippen LogP contribution in [0.5, 0.6) is 0 Å². The lowest BCUT2D eigenvalue weighted by Crippen LogP contribution is -1.86. The van der Waals surface area contributed by atoms with Crippen LogP contribution in [0.1, 0.15) is 32.6 Å². The molecule has 0 radical (unpaired) electrons. The Morgan fingerprint density at radius 3 is 3.00 bits per heavy atom. The van der Waals surface area contributed by atoms with Crippen molar-refractivity contribution in [1.29, 1.82) is 0 Å². The minimum atomic E-state index is 1.11. The summed E-state index contributed by atoms with van der Waals surface area (Å²) in [5.74, 6) is 0. The predicted octanol–water partition coefficient (Wildman–Crippen LogP) is 3.62. The van der Waals surface area contributed by atoms with E-state index in [9.17, 15) is 0 Å². The Hall–Kier alpha value is -0.780. The molecule has 0 aromatic carbocycles. The molecule has 1 aliphatic carbocycles. The monoisotopic (exact) mass is 148 g/mol. The summed E-state index contributed by atoms with van der Waals surface area (Å²) in [6.45, 7) is 2.07. The zero-order valence-corrected chi connectivity index (χ0v) is 7.22. The van der Waals surface area contributed by atoms with Crippen LogP contribution in [-0.4, -0.2) is 0 Å². The Kier molecular flexibility index (Phi) is 3.74. The average molecular weight is 148 g/mol. The summed E-state index contributed by atoms with van der Waals surface area (Å²) >= 11 is 0. The van der Waals surface area contributed by atoms with E-state index in [4.69, 9.17) is 0 Å². The highest BCUT2D eigenvalue weighted by atomic mass is 14.0. The van der Waals surface area contributed by atoms with Gasteiger partial charge in [-0.2, -0.15) is 0 Å². The molecule has 0 atom stereocenters. The van der Waals surface area contributed by atoms with Gasteiger partial charge in [0, 0.05) is 0 Å². The second-order valence-electron chi connectivity index (χ2n) is 2.88. The van der Waals surface area contributed by atoms with Crippen LogP contribution in [0.2, 0.25) is 0 Å². The van der Waals surface area contributed by atoms with Gasteiger partial charge in [-0.15, -0.1) is 0 Å². The van der Waals surface area contributed by atoms with Crippen LogP contribution in [0, 0.1) is 0 Å². The summed E-state index contributed by atoms with van der Waals surface area (Å²) in [5, 5.41) is 0. The standard InChI is InChI=1S/C11H16/c1-2-3-5-8-11-9-6-4-7-10-11/h2-4,6,8H,5,7,9-10H2,1H3. The van der Waals surface area contributed by atoms with Crippen molar-refractivity contribution in [3.63, 3.8) is 0 Å². The Balaban J connectivity index is 2.33. The fourth-order valence-electron chi connectivity index (χ4n) is 1.28. The van der Waals surface area contributed by atoms with E-state index in [-0.39, 0.29) is 0 Å². The smallest absolute Gasteiger partial charge is 0.0139 e. The molecule has 0 aliphatic heterocycles. The minimum absolute atomic E-state index is 1.11. The zero-order chi connectivity index (χ0) is 7.94. The number of allylic oxidation sites excluding steroid dienone is 6. The van der Waals surface area contributed by atoms with E-state index in [1.807, 2.05) is 0 Å². The molecule has 0 heterocycles. The van der Waals surface area contributed by atoms with E-state index in [1.54, 1.807) is 5.57 Å². The number of rotatable bonds is 2. The first-order valence-corrected chi connectivity index (χ1v) is 4.37. The normalized spacial score (nSPS) is 21.7. The van der Waals surface area contributed by atoms with Gasteiger partial charge in [0.2, 0.25) is 0 Å². The quantitative estimate of drug-likeness (QED) is 0.525. The lowest BCUT2D eigenvalue weighted by Gasteiger charge is -2.06. The molecule has 0 saturated heterocycles. The van der Waals surface area contributed by atoms with Crippen molar-refractivity contribution >= 4 is 0 Å². The molecule has 1 rings (SSSR count). The van der Waals surface area contributed by atoms with E-state index in [2.05, 4.69) is 37.3 Å². The summed E-state index contributed by atoms with van der Waals surface area (Å²) < 4.78 is 0. The van der Waals surface area contributed by atoms with Gasteiger partial charge < -0.3 is 0 Å². The average Bonchev–Trinajstić information content (AvgIpc) is 2.07. The first-order chi connectivity index (χ1) is 5.43. The van der Waals surface area contributed by atoms with Crippen molar-refractivity contribution in [3.05, 3.63) is 36.0 Å². The van der Waals surface area contributed by atoms with Crippen LogP contribution < -0.4 is 0 Å². The van der Waals surface area contributed by atoms with Gasteiger partial charge in [-0.3, -0.25) is 0 Å². The first-order valence-electron chi connectivity index (χ1n) is 4.37. The molecule has 0 spiro atoms. The van der Waals surface area contributed by atoms with Crippen molar-refractivity contribution in [3.8, 4) is 0 Å². The Labute approximate surface area is 69.3 Å². The third-order valence-electron chi connectivity index (χ3n) is 1.96. The molecular weight excluding hydrogens is 132 g/mol. The molecule has 11 heavy (non-hydrogen) atoms. The molecule has 0 aromatic heterocycles. The fourth-order valence-corrected chi connectivity index (χ4v) is 1.28. The van der Waals surface area contributed by atoms with Crippen molar-refractivity contribution in [2.75, 3.05) is 0 Å². The third-order valence-corrected chi connectivity index (χ3v) is 1.96. The molecule has 0 bridgehead atoms. The van der Waals surface area contributed by atoms with Crippen molar-refractivity contribution < 1.29 is 0 Å². The molecule has 0 fully saturated rings. The number of hydrogen-bond donors (Lipinski definition) is 0.